The van der Waals surface area contributed by atoms with Crippen LogP contribution < -0.4 is 0 Å². The van der Waals surface area contributed by atoms with Gasteiger partial charge in [-0.05, 0) is 0 Å². The minimum atomic E-state index is -2.77. The summed E-state index contributed by atoms with van der Waals surface area (Å²) in [5.74, 6) is -1.02. The van der Waals surface area contributed by atoms with E-state index in [1.165, 1.54) is 0 Å². The smallest absolute Gasteiger partial charge is 0.408 e. The standard InChI is InChI=1S/C5H8NO5P/c7-5(8)6-1-2-11-3-4(6)12(9)10/h4H,1-3H2,(H,7,8). The first kappa shape index (κ1) is 9.22. The fourth-order valence-corrected chi connectivity index (χ4v) is 1.66. The van der Waals surface area contributed by atoms with Crippen LogP contribution in [0.1, 0.15) is 0 Å². The highest BCUT2D eigenvalue weighted by molar-refractivity contribution is 7.31. The molecular weight excluding hydrogens is 185 g/mol. The van der Waals surface area contributed by atoms with Gasteiger partial charge in [0.05, 0.1) is 13.2 Å². The van der Waals surface area contributed by atoms with Crippen molar-refractivity contribution in [2.45, 2.75) is 5.78 Å². The van der Waals surface area contributed by atoms with Gasteiger partial charge >= 0.3 is 13.8 Å². The lowest BCUT2D eigenvalue weighted by Gasteiger charge is -2.28. The van der Waals surface area contributed by atoms with E-state index in [0.29, 0.717) is 0 Å². The largest absolute Gasteiger partial charge is 0.465 e. The average Bonchev–Trinajstić information content (AvgIpc) is 2.04. The summed E-state index contributed by atoms with van der Waals surface area (Å²) in [4.78, 5) is 11.3. The van der Waals surface area contributed by atoms with E-state index < -0.39 is 19.6 Å². The van der Waals surface area contributed by atoms with Crippen LogP contribution in [0.3, 0.4) is 0 Å². The third-order valence-electron chi connectivity index (χ3n) is 1.59. The van der Waals surface area contributed by atoms with Crippen molar-refractivity contribution in [2.24, 2.45) is 0 Å². The molecule has 1 fully saturated rings. The summed E-state index contributed by atoms with van der Waals surface area (Å²) >= 11 is 0. The zero-order chi connectivity index (χ0) is 9.14. The Morgan fingerprint density at radius 3 is 2.67 bits per heavy atom. The molecule has 1 unspecified atom stereocenters. The molecule has 0 radical (unpaired) electrons. The molecule has 1 aliphatic heterocycles. The second-order valence-corrected chi connectivity index (χ2v) is 3.48. The van der Waals surface area contributed by atoms with E-state index in [0.717, 1.165) is 4.90 Å². The third kappa shape index (κ3) is 1.84. The van der Waals surface area contributed by atoms with Crippen LogP contribution in [-0.2, 0) is 13.9 Å². The van der Waals surface area contributed by atoms with Crippen molar-refractivity contribution < 1.29 is 23.8 Å². The first-order valence-corrected chi connectivity index (χ1v) is 4.58. The van der Waals surface area contributed by atoms with E-state index in [1.54, 1.807) is 0 Å². The van der Waals surface area contributed by atoms with Crippen molar-refractivity contribution >= 4 is 13.8 Å². The van der Waals surface area contributed by atoms with Gasteiger partial charge in [-0.2, -0.15) is 0 Å². The first-order chi connectivity index (χ1) is 5.63. The number of morpholine rings is 1. The number of ether oxygens (including phenoxy) is 1. The predicted molar refractivity (Wildman–Crippen MR) is 37.6 cm³/mol. The lowest BCUT2D eigenvalue weighted by molar-refractivity contribution is 0.0246. The van der Waals surface area contributed by atoms with Crippen molar-refractivity contribution in [3.8, 4) is 0 Å². The molecule has 1 rings (SSSR count). The number of nitrogens with zero attached hydrogens (tertiary/aromatic N) is 1. The van der Waals surface area contributed by atoms with Crippen LogP contribution >= 0.6 is 7.68 Å². The minimum absolute atomic E-state index is 0.0645. The number of carbonyl (C=O) groups is 1. The van der Waals surface area contributed by atoms with Crippen molar-refractivity contribution in [2.75, 3.05) is 19.8 Å². The lowest BCUT2D eigenvalue weighted by Crippen LogP contribution is -2.45. The van der Waals surface area contributed by atoms with Gasteiger partial charge in [0.1, 0.15) is 0 Å². The SMILES string of the molecule is O=C(O)N1CCOCC1P(=O)=O. The van der Waals surface area contributed by atoms with Crippen LogP contribution in [0.25, 0.3) is 0 Å². The molecule has 1 amide bonds. The fourth-order valence-electron chi connectivity index (χ4n) is 0.988. The number of hydrogen-bond donors (Lipinski definition) is 1. The van der Waals surface area contributed by atoms with Crippen molar-refractivity contribution in [1.29, 1.82) is 0 Å². The zero-order valence-electron chi connectivity index (χ0n) is 6.17. The number of amides is 1. The van der Waals surface area contributed by atoms with Gasteiger partial charge in [0, 0.05) is 6.54 Å². The number of hydrogen-bond acceptors (Lipinski definition) is 4. The van der Waals surface area contributed by atoms with Gasteiger partial charge in [0.25, 0.3) is 0 Å². The van der Waals surface area contributed by atoms with Gasteiger partial charge in [-0.15, -0.1) is 0 Å². The molecule has 0 aromatic carbocycles. The summed E-state index contributed by atoms with van der Waals surface area (Å²) in [5.41, 5.74) is 0. The molecule has 0 aliphatic carbocycles. The van der Waals surface area contributed by atoms with E-state index in [-0.39, 0.29) is 19.8 Å². The second-order valence-electron chi connectivity index (χ2n) is 2.32. The van der Waals surface area contributed by atoms with Crippen LogP contribution in [0.2, 0.25) is 0 Å². The van der Waals surface area contributed by atoms with Crippen molar-refractivity contribution in [3.63, 3.8) is 0 Å². The summed E-state index contributed by atoms with van der Waals surface area (Å²) < 4.78 is 25.9. The summed E-state index contributed by atoms with van der Waals surface area (Å²) in [7, 11) is -2.77. The first-order valence-electron chi connectivity index (χ1n) is 3.33. The maximum atomic E-state index is 10.5. The third-order valence-corrected chi connectivity index (χ3v) is 2.51. The minimum Gasteiger partial charge on any atom is -0.465 e. The number of carboxylic acid groups (broad SMARTS) is 1. The van der Waals surface area contributed by atoms with Gasteiger partial charge in [0.15, 0.2) is 5.78 Å². The Balaban J connectivity index is 2.73. The Hall–Kier alpha value is -0.870. The van der Waals surface area contributed by atoms with Gasteiger partial charge in [0.2, 0.25) is 0 Å². The normalized spacial score (nSPS) is 23.7. The molecule has 1 saturated heterocycles. The summed E-state index contributed by atoms with van der Waals surface area (Å²) in [6, 6.07) is 0. The highest BCUT2D eigenvalue weighted by Crippen LogP contribution is 2.22. The summed E-state index contributed by atoms with van der Waals surface area (Å²) in [6.45, 7) is 0.306. The quantitative estimate of drug-likeness (QED) is 0.613. The summed E-state index contributed by atoms with van der Waals surface area (Å²) in [6.07, 6.45) is -1.22. The molecule has 0 aromatic heterocycles. The Labute approximate surface area is 68.9 Å². The average molecular weight is 193 g/mol. The van der Waals surface area contributed by atoms with Gasteiger partial charge in [-0.3, -0.25) is 4.90 Å². The maximum absolute atomic E-state index is 10.5. The molecule has 6 nitrogen and oxygen atoms in total. The molecule has 68 valence electrons. The molecule has 1 N–H and O–H groups in total. The van der Waals surface area contributed by atoms with E-state index in [9.17, 15) is 13.9 Å². The van der Waals surface area contributed by atoms with Crippen LogP contribution in [0, 0.1) is 0 Å². The summed E-state index contributed by atoms with van der Waals surface area (Å²) in [5, 5.41) is 8.56. The van der Waals surface area contributed by atoms with Gasteiger partial charge in [-0.25, -0.2) is 13.9 Å². The van der Waals surface area contributed by atoms with Crippen LogP contribution in [-0.4, -0.2) is 41.6 Å². The van der Waals surface area contributed by atoms with E-state index in [1.807, 2.05) is 0 Å². The van der Waals surface area contributed by atoms with Crippen molar-refractivity contribution in [3.05, 3.63) is 0 Å². The predicted octanol–water partition coefficient (Wildman–Crippen LogP) is 0.496. The highest BCUT2D eigenvalue weighted by atomic mass is 31.1. The maximum Gasteiger partial charge on any atom is 0.408 e. The molecule has 1 heterocycles. The van der Waals surface area contributed by atoms with Crippen molar-refractivity contribution in [1.82, 2.24) is 4.90 Å². The molecule has 0 aromatic rings. The highest BCUT2D eigenvalue weighted by Gasteiger charge is 2.30. The molecule has 7 heteroatoms. The van der Waals surface area contributed by atoms with Crippen LogP contribution in [0.5, 0.6) is 0 Å². The fraction of sp³-hybridized carbons (Fsp3) is 0.800. The molecule has 1 aliphatic rings. The van der Waals surface area contributed by atoms with E-state index >= 15 is 0 Å². The van der Waals surface area contributed by atoms with Gasteiger partial charge in [-0.1, -0.05) is 0 Å². The zero-order valence-corrected chi connectivity index (χ0v) is 7.07. The monoisotopic (exact) mass is 193 g/mol. The van der Waals surface area contributed by atoms with E-state index in [4.69, 9.17) is 9.84 Å². The van der Waals surface area contributed by atoms with Crippen LogP contribution in [0.15, 0.2) is 0 Å². The molecule has 12 heavy (non-hydrogen) atoms. The Morgan fingerprint density at radius 1 is 1.58 bits per heavy atom. The van der Waals surface area contributed by atoms with Gasteiger partial charge < -0.3 is 9.84 Å². The van der Waals surface area contributed by atoms with E-state index in [2.05, 4.69) is 0 Å². The molecular formula is C5H8NO5P. The second kappa shape index (κ2) is 3.69. The molecule has 0 spiro atoms. The Morgan fingerprint density at radius 2 is 2.25 bits per heavy atom. The van der Waals surface area contributed by atoms with Crippen LogP contribution in [0.4, 0.5) is 4.79 Å². The topological polar surface area (TPSA) is 83.9 Å². The molecule has 1 atom stereocenters. The molecule has 0 saturated carbocycles. The molecule has 0 bridgehead atoms. The number of rotatable bonds is 1. The lowest BCUT2D eigenvalue weighted by atomic mass is 10.4. The Kier molecular flexibility index (Phi) is 2.83. The Bertz CT molecular complexity index is 242.